The zero-order chi connectivity index (χ0) is 53.9. The minimum absolute atomic E-state index is 0.0614. The molecule has 0 spiro atoms. The van der Waals surface area contributed by atoms with E-state index in [-0.39, 0.29) is 31.1 Å². The Labute approximate surface area is 463 Å². The molecule has 0 saturated heterocycles. The number of carbonyl (C=O) groups is 3. The molecule has 440 valence electrons. The molecule has 0 fully saturated rings. The van der Waals surface area contributed by atoms with E-state index >= 15 is 0 Å². The zero-order valence-corrected chi connectivity index (χ0v) is 51.0. The molecule has 0 N–H and O–H groups in total. The molecular formula is C68H132O6. The van der Waals surface area contributed by atoms with Crippen LogP contribution < -0.4 is 0 Å². The van der Waals surface area contributed by atoms with Crippen molar-refractivity contribution in [3.05, 3.63) is 0 Å². The van der Waals surface area contributed by atoms with Gasteiger partial charge in [-0.05, 0) is 31.1 Å². The number of hydrogen-bond donors (Lipinski definition) is 0. The number of ether oxygens (including phenoxy) is 3. The second-order valence-corrected chi connectivity index (χ2v) is 24.4. The minimum atomic E-state index is -0.764. The van der Waals surface area contributed by atoms with Gasteiger partial charge in [0.25, 0.3) is 0 Å². The van der Waals surface area contributed by atoms with Crippen molar-refractivity contribution in [3.63, 3.8) is 0 Å². The Bertz CT molecular complexity index is 1140. The quantitative estimate of drug-likeness (QED) is 0.0343. The predicted octanol–water partition coefficient (Wildman–Crippen LogP) is 22.8. The van der Waals surface area contributed by atoms with Crippen LogP contribution in [0.3, 0.4) is 0 Å². The van der Waals surface area contributed by atoms with Crippen LogP contribution >= 0.6 is 0 Å². The van der Waals surface area contributed by atoms with Gasteiger partial charge in [-0.15, -0.1) is 0 Å². The van der Waals surface area contributed by atoms with Gasteiger partial charge in [0.15, 0.2) is 6.10 Å². The summed E-state index contributed by atoms with van der Waals surface area (Å²) >= 11 is 0. The van der Waals surface area contributed by atoms with Crippen LogP contribution in [0.2, 0.25) is 0 Å². The zero-order valence-electron chi connectivity index (χ0n) is 51.0. The molecule has 0 unspecified atom stereocenters. The monoisotopic (exact) mass is 1050 g/mol. The van der Waals surface area contributed by atoms with E-state index in [0.29, 0.717) is 19.3 Å². The van der Waals surface area contributed by atoms with Gasteiger partial charge in [0, 0.05) is 19.3 Å². The van der Waals surface area contributed by atoms with Crippen LogP contribution in [0.1, 0.15) is 388 Å². The molecule has 0 aliphatic carbocycles. The molecule has 0 rings (SSSR count). The highest BCUT2D eigenvalue weighted by atomic mass is 16.6. The SMILES string of the molecule is CCCCCCCCCCCCCCCCCCCCC(=O)OC[C@@H](COC(=O)CCCCCCCCCCCCCCCCCCC(C)C)OC(=O)CCCCCCCCCCCCCCCCCCC(C)C. The lowest BCUT2D eigenvalue weighted by molar-refractivity contribution is -0.167. The Balaban J connectivity index is 4.28. The number of esters is 3. The summed E-state index contributed by atoms with van der Waals surface area (Å²) in [6.45, 7) is 11.5. The van der Waals surface area contributed by atoms with E-state index in [4.69, 9.17) is 14.2 Å². The van der Waals surface area contributed by atoms with Crippen molar-refractivity contribution in [2.24, 2.45) is 11.8 Å². The molecular weight excluding hydrogens is 913 g/mol. The molecule has 0 heterocycles. The lowest BCUT2D eigenvalue weighted by Gasteiger charge is -2.18. The van der Waals surface area contributed by atoms with Gasteiger partial charge in [0.2, 0.25) is 0 Å². The molecule has 0 aromatic carbocycles. The van der Waals surface area contributed by atoms with Crippen molar-refractivity contribution in [1.82, 2.24) is 0 Å². The van der Waals surface area contributed by atoms with E-state index in [0.717, 1.165) is 69.6 Å². The predicted molar refractivity (Wildman–Crippen MR) is 321 cm³/mol. The average Bonchev–Trinajstić information content (AvgIpc) is 3.38. The first-order valence-corrected chi connectivity index (χ1v) is 33.7. The molecule has 0 aromatic rings. The standard InChI is InChI=1S/C68H132O6/c1-6-7-8-9-10-11-12-13-14-15-16-23-28-33-38-43-48-53-58-66(69)72-61-65(74-68(71)60-55-50-45-40-35-30-25-20-18-22-27-32-37-42-47-52-57-64(4)5)62-73-67(70)59-54-49-44-39-34-29-24-19-17-21-26-31-36-41-46-51-56-63(2)3/h63-65H,6-62H2,1-5H3/t65-/m0/s1. The fraction of sp³-hybridized carbons (Fsp3) is 0.956. The summed E-state index contributed by atoms with van der Waals surface area (Å²) in [6, 6.07) is 0. The third-order valence-corrected chi connectivity index (χ3v) is 15.7. The van der Waals surface area contributed by atoms with Crippen molar-refractivity contribution < 1.29 is 28.6 Å². The molecule has 0 aliphatic heterocycles. The molecule has 0 aromatic heterocycles. The molecule has 0 amide bonds. The van der Waals surface area contributed by atoms with Crippen LogP contribution in [0, 0.1) is 11.8 Å². The summed E-state index contributed by atoms with van der Waals surface area (Å²) in [7, 11) is 0. The lowest BCUT2D eigenvalue weighted by atomic mass is 10.0. The topological polar surface area (TPSA) is 78.9 Å². The molecule has 0 aliphatic rings. The van der Waals surface area contributed by atoms with E-state index in [1.165, 1.54) is 276 Å². The third kappa shape index (κ3) is 61.3. The summed E-state index contributed by atoms with van der Waals surface area (Å²) in [4.78, 5) is 38.4. The van der Waals surface area contributed by atoms with Gasteiger partial charge in [-0.3, -0.25) is 14.4 Å². The van der Waals surface area contributed by atoms with Crippen LogP contribution in [0.15, 0.2) is 0 Å². The Morgan fingerprint density at radius 1 is 0.257 bits per heavy atom. The smallest absolute Gasteiger partial charge is 0.306 e. The summed E-state index contributed by atoms with van der Waals surface area (Å²) in [5, 5.41) is 0. The van der Waals surface area contributed by atoms with Gasteiger partial charge in [0.05, 0.1) is 0 Å². The summed E-state index contributed by atoms with van der Waals surface area (Å²) in [5.41, 5.74) is 0. The van der Waals surface area contributed by atoms with Gasteiger partial charge in [-0.25, -0.2) is 0 Å². The van der Waals surface area contributed by atoms with Gasteiger partial charge >= 0.3 is 17.9 Å². The molecule has 6 heteroatoms. The van der Waals surface area contributed by atoms with Crippen LogP contribution in [0.5, 0.6) is 0 Å². The first-order valence-electron chi connectivity index (χ1n) is 33.7. The first kappa shape index (κ1) is 72.4. The van der Waals surface area contributed by atoms with Crippen LogP contribution in [-0.2, 0) is 28.6 Å². The molecule has 74 heavy (non-hydrogen) atoms. The van der Waals surface area contributed by atoms with E-state index < -0.39 is 6.10 Å². The van der Waals surface area contributed by atoms with Crippen LogP contribution in [-0.4, -0.2) is 37.2 Å². The summed E-state index contributed by atoms with van der Waals surface area (Å²) in [5.74, 6) is 0.878. The van der Waals surface area contributed by atoms with E-state index in [1.54, 1.807) is 0 Å². The maximum absolute atomic E-state index is 12.9. The molecule has 0 bridgehead atoms. The number of unbranched alkanes of at least 4 members (excludes halogenated alkanes) is 47. The van der Waals surface area contributed by atoms with E-state index in [1.807, 2.05) is 0 Å². The third-order valence-electron chi connectivity index (χ3n) is 15.7. The Morgan fingerprint density at radius 3 is 0.662 bits per heavy atom. The normalized spacial score (nSPS) is 12.0. The van der Waals surface area contributed by atoms with Crippen molar-refractivity contribution in [3.8, 4) is 0 Å². The number of rotatable bonds is 62. The Hall–Kier alpha value is -1.59. The summed E-state index contributed by atoms with van der Waals surface area (Å²) < 4.78 is 17.0. The van der Waals surface area contributed by atoms with Crippen molar-refractivity contribution in [2.45, 2.75) is 394 Å². The maximum atomic E-state index is 12.9. The number of hydrogen-bond acceptors (Lipinski definition) is 6. The molecule has 0 saturated carbocycles. The Kier molecular flexibility index (Phi) is 59.3. The molecule has 0 radical (unpaired) electrons. The summed E-state index contributed by atoms with van der Waals surface area (Å²) in [6.07, 6.45) is 68.2. The first-order chi connectivity index (χ1) is 36.2. The largest absolute Gasteiger partial charge is 0.462 e. The van der Waals surface area contributed by atoms with Gasteiger partial charge in [0.1, 0.15) is 13.2 Å². The second kappa shape index (κ2) is 60.6. The van der Waals surface area contributed by atoms with Crippen LogP contribution in [0.25, 0.3) is 0 Å². The molecule has 6 nitrogen and oxygen atoms in total. The highest BCUT2D eigenvalue weighted by molar-refractivity contribution is 5.71. The van der Waals surface area contributed by atoms with Crippen LogP contribution in [0.4, 0.5) is 0 Å². The highest BCUT2D eigenvalue weighted by Gasteiger charge is 2.19. The average molecular weight is 1050 g/mol. The lowest BCUT2D eigenvalue weighted by Crippen LogP contribution is -2.30. The van der Waals surface area contributed by atoms with Gasteiger partial charge in [-0.2, -0.15) is 0 Å². The maximum Gasteiger partial charge on any atom is 0.306 e. The second-order valence-electron chi connectivity index (χ2n) is 24.4. The van der Waals surface area contributed by atoms with E-state index in [9.17, 15) is 14.4 Å². The van der Waals surface area contributed by atoms with E-state index in [2.05, 4.69) is 34.6 Å². The van der Waals surface area contributed by atoms with Gasteiger partial charge < -0.3 is 14.2 Å². The minimum Gasteiger partial charge on any atom is -0.462 e. The fourth-order valence-corrected chi connectivity index (χ4v) is 10.6. The van der Waals surface area contributed by atoms with Gasteiger partial charge in [-0.1, -0.05) is 349 Å². The van der Waals surface area contributed by atoms with Crippen molar-refractivity contribution >= 4 is 17.9 Å². The fourth-order valence-electron chi connectivity index (χ4n) is 10.6. The number of carbonyl (C=O) groups excluding carboxylic acids is 3. The van der Waals surface area contributed by atoms with Crippen molar-refractivity contribution in [2.75, 3.05) is 13.2 Å². The highest BCUT2D eigenvalue weighted by Crippen LogP contribution is 2.19. The van der Waals surface area contributed by atoms with Crippen molar-refractivity contribution in [1.29, 1.82) is 0 Å². The Morgan fingerprint density at radius 2 is 0.446 bits per heavy atom. The molecule has 1 atom stereocenters.